The molecule has 0 saturated heterocycles. The first kappa shape index (κ1) is 7.52. The highest BCUT2D eigenvalue weighted by Gasteiger charge is 2.11. The summed E-state index contributed by atoms with van der Waals surface area (Å²) in [5.41, 5.74) is 5.45. The number of nitrogens with one attached hydrogen (secondary N) is 2. The smallest absolute Gasteiger partial charge is 0.275 e. The van der Waals surface area contributed by atoms with Crippen molar-refractivity contribution in [2.24, 2.45) is 0 Å². The average Bonchev–Trinajstić information content (AvgIpc) is 2.36. The number of aromatic nitrogens is 3. The Balaban J connectivity index is 2.76. The fraction of sp³-hybridized carbons (Fsp3) is 0.400. The summed E-state index contributed by atoms with van der Waals surface area (Å²) < 4.78 is 0. The summed E-state index contributed by atoms with van der Waals surface area (Å²) in [4.78, 5) is 11.0. The maximum atomic E-state index is 11.0. The van der Waals surface area contributed by atoms with Crippen LogP contribution in [0.4, 0.5) is 5.82 Å². The van der Waals surface area contributed by atoms with Crippen molar-refractivity contribution >= 4 is 11.7 Å². The van der Waals surface area contributed by atoms with Crippen LogP contribution in [-0.4, -0.2) is 27.9 Å². The zero-order valence-electron chi connectivity index (χ0n) is 6.09. The van der Waals surface area contributed by atoms with E-state index in [2.05, 4.69) is 20.7 Å². The number of carbonyl (C=O) groups is 1. The molecule has 0 aromatic carbocycles. The lowest BCUT2D eigenvalue weighted by Crippen LogP contribution is -2.23. The molecular formula is C5H9N5O. The molecular weight excluding hydrogens is 146 g/mol. The van der Waals surface area contributed by atoms with Gasteiger partial charge in [0.1, 0.15) is 0 Å². The van der Waals surface area contributed by atoms with Gasteiger partial charge in [0, 0.05) is 6.54 Å². The second-order valence-electron chi connectivity index (χ2n) is 1.92. The van der Waals surface area contributed by atoms with E-state index in [9.17, 15) is 4.79 Å². The predicted molar refractivity (Wildman–Crippen MR) is 38.8 cm³/mol. The van der Waals surface area contributed by atoms with Crippen LogP contribution in [-0.2, 0) is 0 Å². The minimum Gasteiger partial charge on any atom is -0.380 e. The van der Waals surface area contributed by atoms with E-state index in [1.165, 1.54) is 0 Å². The number of nitrogens with zero attached hydrogens (tertiary/aromatic N) is 2. The zero-order valence-corrected chi connectivity index (χ0v) is 6.09. The van der Waals surface area contributed by atoms with Gasteiger partial charge >= 0.3 is 0 Å². The van der Waals surface area contributed by atoms with E-state index in [4.69, 9.17) is 5.73 Å². The van der Waals surface area contributed by atoms with Gasteiger partial charge in [0.05, 0.1) is 0 Å². The third kappa shape index (κ3) is 1.46. The Labute approximate surface area is 63.2 Å². The first-order chi connectivity index (χ1) is 5.25. The molecule has 0 radical (unpaired) electrons. The van der Waals surface area contributed by atoms with Crippen molar-refractivity contribution in [3.8, 4) is 0 Å². The summed E-state index contributed by atoms with van der Waals surface area (Å²) in [6.45, 7) is 2.36. The summed E-state index contributed by atoms with van der Waals surface area (Å²) in [7, 11) is 0. The normalized spacial score (nSPS) is 9.55. The van der Waals surface area contributed by atoms with E-state index >= 15 is 0 Å². The van der Waals surface area contributed by atoms with Crippen LogP contribution in [0.15, 0.2) is 0 Å². The molecule has 0 aliphatic heterocycles. The zero-order chi connectivity index (χ0) is 8.27. The van der Waals surface area contributed by atoms with Crippen molar-refractivity contribution in [1.29, 1.82) is 0 Å². The number of anilines is 1. The summed E-state index contributed by atoms with van der Waals surface area (Å²) >= 11 is 0. The Morgan fingerprint density at radius 2 is 2.45 bits per heavy atom. The molecule has 0 unspecified atom stereocenters. The fourth-order valence-electron chi connectivity index (χ4n) is 0.650. The molecule has 6 nitrogen and oxygen atoms in total. The van der Waals surface area contributed by atoms with Gasteiger partial charge in [-0.3, -0.25) is 4.79 Å². The molecule has 0 aliphatic carbocycles. The second kappa shape index (κ2) is 3.00. The van der Waals surface area contributed by atoms with Crippen LogP contribution in [0.25, 0.3) is 0 Å². The van der Waals surface area contributed by atoms with Gasteiger partial charge in [-0.2, -0.15) is 5.21 Å². The van der Waals surface area contributed by atoms with E-state index in [1.807, 2.05) is 6.92 Å². The Bertz CT molecular complexity index is 255. The maximum absolute atomic E-state index is 11.0. The number of amides is 1. The average molecular weight is 155 g/mol. The molecule has 0 saturated carbocycles. The van der Waals surface area contributed by atoms with Gasteiger partial charge in [-0.25, -0.2) is 0 Å². The number of rotatable bonds is 2. The van der Waals surface area contributed by atoms with E-state index in [-0.39, 0.29) is 17.4 Å². The largest absolute Gasteiger partial charge is 0.380 e. The van der Waals surface area contributed by atoms with Crippen molar-refractivity contribution in [2.45, 2.75) is 6.92 Å². The molecule has 0 spiro atoms. The molecule has 0 bridgehead atoms. The van der Waals surface area contributed by atoms with E-state index in [0.29, 0.717) is 6.54 Å². The lowest BCUT2D eigenvalue weighted by atomic mass is 10.4. The second-order valence-corrected chi connectivity index (χ2v) is 1.92. The molecule has 60 valence electrons. The van der Waals surface area contributed by atoms with Gasteiger partial charge in [-0.15, -0.1) is 10.2 Å². The Morgan fingerprint density at radius 3 is 2.91 bits per heavy atom. The lowest BCUT2D eigenvalue weighted by Gasteiger charge is -1.96. The number of aromatic amines is 1. The number of carbonyl (C=O) groups excluding carboxylic acids is 1. The molecule has 6 heteroatoms. The first-order valence-electron chi connectivity index (χ1n) is 3.20. The van der Waals surface area contributed by atoms with Crippen LogP contribution in [0.2, 0.25) is 0 Å². The highest BCUT2D eigenvalue weighted by Crippen LogP contribution is 2.00. The van der Waals surface area contributed by atoms with Gasteiger partial charge in [0.25, 0.3) is 5.91 Å². The third-order valence-electron chi connectivity index (χ3n) is 1.13. The fourth-order valence-corrected chi connectivity index (χ4v) is 0.650. The topological polar surface area (TPSA) is 96.7 Å². The van der Waals surface area contributed by atoms with Crippen molar-refractivity contribution in [2.75, 3.05) is 12.3 Å². The van der Waals surface area contributed by atoms with Crippen molar-refractivity contribution < 1.29 is 4.79 Å². The van der Waals surface area contributed by atoms with Crippen LogP contribution in [0, 0.1) is 0 Å². The van der Waals surface area contributed by atoms with Crippen LogP contribution < -0.4 is 11.1 Å². The van der Waals surface area contributed by atoms with Crippen molar-refractivity contribution in [3.05, 3.63) is 5.69 Å². The minimum atomic E-state index is -0.307. The van der Waals surface area contributed by atoms with Crippen LogP contribution in [0.1, 0.15) is 17.4 Å². The summed E-state index contributed by atoms with van der Waals surface area (Å²) in [6, 6.07) is 0. The molecule has 4 N–H and O–H groups in total. The highest BCUT2D eigenvalue weighted by atomic mass is 16.2. The van der Waals surface area contributed by atoms with E-state index in [1.54, 1.807) is 0 Å². The van der Waals surface area contributed by atoms with E-state index < -0.39 is 0 Å². The number of nitrogens with two attached hydrogens (primary N) is 1. The molecule has 11 heavy (non-hydrogen) atoms. The monoisotopic (exact) mass is 155 g/mol. The molecule has 0 atom stereocenters. The first-order valence-corrected chi connectivity index (χ1v) is 3.20. The molecule has 0 fully saturated rings. The quantitative estimate of drug-likeness (QED) is 0.517. The Kier molecular flexibility index (Phi) is 2.05. The predicted octanol–water partition coefficient (Wildman–Crippen LogP) is -0.863. The third-order valence-corrected chi connectivity index (χ3v) is 1.13. The van der Waals surface area contributed by atoms with Gasteiger partial charge in [0.15, 0.2) is 11.5 Å². The van der Waals surface area contributed by atoms with Gasteiger partial charge in [0.2, 0.25) is 0 Å². The standard InChI is InChI=1S/C5H9N5O/c1-2-7-5(11)3-4(6)9-10-8-3/h2H2,1H3,(H,7,11)(H3,6,8,9,10). The summed E-state index contributed by atoms with van der Waals surface area (Å²) in [6.07, 6.45) is 0. The number of hydrogen-bond donors (Lipinski definition) is 3. The SMILES string of the molecule is CCNC(=O)c1n[nH]nc1N. The lowest BCUT2D eigenvalue weighted by molar-refractivity contribution is 0.0951. The molecule has 1 aromatic heterocycles. The summed E-state index contributed by atoms with van der Waals surface area (Å²) in [5, 5.41) is 11.9. The van der Waals surface area contributed by atoms with Crippen LogP contribution in [0.3, 0.4) is 0 Å². The summed E-state index contributed by atoms with van der Waals surface area (Å²) in [5.74, 6) is -0.185. The van der Waals surface area contributed by atoms with Crippen molar-refractivity contribution in [1.82, 2.24) is 20.7 Å². The van der Waals surface area contributed by atoms with Crippen LogP contribution in [0.5, 0.6) is 0 Å². The minimum absolute atomic E-state index is 0.121. The molecule has 1 amide bonds. The maximum Gasteiger partial charge on any atom is 0.275 e. The van der Waals surface area contributed by atoms with E-state index in [0.717, 1.165) is 0 Å². The number of nitrogen functional groups attached to an aromatic ring is 1. The molecule has 1 rings (SSSR count). The highest BCUT2D eigenvalue weighted by molar-refractivity contribution is 5.96. The molecule has 0 aliphatic rings. The van der Waals surface area contributed by atoms with Gasteiger partial charge < -0.3 is 11.1 Å². The molecule has 1 aromatic rings. The van der Waals surface area contributed by atoms with Crippen LogP contribution >= 0.6 is 0 Å². The number of H-pyrrole nitrogens is 1. The Morgan fingerprint density at radius 1 is 1.73 bits per heavy atom. The van der Waals surface area contributed by atoms with Gasteiger partial charge in [-0.1, -0.05) is 0 Å². The van der Waals surface area contributed by atoms with Crippen molar-refractivity contribution in [3.63, 3.8) is 0 Å². The van der Waals surface area contributed by atoms with Gasteiger partial charge in [-0.05, 0) is 6.92 Å². The number of hydrogen-bond acceptors (Lipinski definition) is 4. The molecule has 1 heterocycles. The Hall–Kier alpha value is -1.59.